The molecule has 1 fully saturated rings. The SMILES string of the molecule is CN=C(NCc1nnc2ccccn12)NC1CCN(S(=O)(=O)C(F)(F)F)CC1. The normalized spacial score (nSPS) is 17.8. The van der Waals surface area contributed by atoms with Gasteiger partial charge in [-0.05, 0) is 25.0 Å². The van der Waals surface area contributed by atoms with Crippen molar-refractivity contribution in [2.45, 2.75) is 30.9 Å². The minimum absolute atomic E-state index is 0.193. The Balaban J connectivity index is 1.54. The molecule has 0 atom stereocenters. The summed E-state index contributed by atoms with van der Waals surface area (Å²) in [6.07, 6.45) is 2.31. The van der Waals surface area contributed by atoms with Crippen molar-refractivity contribution in [3.63, 3.8) is 0 Å². The second kappa shape index (κ2) is 7.91. The molecule has 9 nitrogen and oxygen atoms in total. The predicted molar refractivity (Wildman–Crippen MR) is 95.9 cm³/mol. The van der Waals surface area contributed by atoms with Crippen molar-refractivity contribution in [1.82, 2.24) is 29.5 Å². The molecule has 0 amide bonds. The largest absolute Gasteiger partial charge is 0.511 e. The fourth-order valence-corrected chi connectivity index (χ4v) is 3.93. The van der Waals surface area contributed by atoms with Crippen molar-refractivity contribution in [1.29, 1.82) is 0 Å². The van der Waals surface area contributed by atoms with Crippen LogP contribution in [0.4, 0.5) is 13.2 Å². The first-order chi connectivity index (χ1) is 13.2. The predicted octanol–water partition coefficient (Wildman–Crippen LogP) is 0.708. The minimum atomic E-state index is -5.28. The maximum absolute atomic E-state index is 12.6. The summed E-state index contributed by atoms with van der Waals surface area (Å²) in [6, 6.07) is 5.34. The number of piperidine rings is 1. The first-order valence-electron chi connectivity index (χ1n) is 8.54. The fourth-order valence-electron chi connectivity index (χ4n) is 2.95. The monoisotopic (exact) mass is 419 g/mol. The Morgan fingerprint density at radius 1 is 1.29 bits per heavy atom. The molecule has 2 N–H and O–H groups in total. The van der Waals surface area contributed by atoms with Gasteiger partial charge >= 0.3 is 15.5 Å². The van der Waals surface area contributed by atoms with Crippen molar-refractivity contribution in [3.05, 3.63) is 30.2 Å². The van der Waals surface area contributed by atoms with E-state index >= 15 is 0 Å². The summed E-state index contributed by atoms with van der Waals surface area (Å²) in [5, 5.41) is 14.3. The third-order valence-electron chi connectivity index (χ3n) is 4.45. The van der Waals surface area contributed by atoms with Crippen molar-refractivity contribution in [2.75, 3.05) is 20.1 Å². The Bertz CT molecular complexity index is 950. The molecule has 1 aliphatic rings. The van der Waals surface area contributed by atoms with Gasteiger partial charge in [0, 0.05) is 32.4 Å². The van der Waals surface area contributed by atoms with Crippen LogP contribution in [0, 0.1) is 0 Å². The van der Waals surface area contributed by atoms with E-state index in [0.29, 0.717) is 28.3 Å². The summed E-state index contributed by atoms with van der Waals surface area (Å²) in [7, 11) is -3.71. The molecule has 1 aliphatic heterocycles. The van der Waals surface area contributed by atoms with E-state index in [0.717, 1.165) is 0 Å². The van der Waals surface area contributed by atoms with Crippen molar-refractivity contribution >= 4 is 21.6 Å². The standard InChI is InChI=1S/C15H20F3N7O2S/c1-19-14(20-10-13-23-22-12-4-2-3-7-25(12)13)21-11-5-8-24(9-6-11)28(26,27)15(16,17)18/h2-4,7,11H,5-6,8-10H2,1H3,(H2,19,20,21). The number of guanidine groups is 1. The van der Waals surface area contributed by atoms with Gasteiger partial charge in [-0.15, -0.1) is 10.2 Å². The topological polar surface area (TPSA) is 104 Å². The van der Waals surface area contributed by atoms with Crippen LogP contribution in [0.1, 0.15) is 18.7 Å². The summed E-state index contributed by atoms with van der Waals surface area (Å²) in [5.74, 6) is 1.12. The van der Waals surface area contributed by atoms with E-state index in [1.165, 1.54) is 0 Å². The van der Waals surface area contributed by atoms with E-state index in [4.69, 9.17) is 0 Å². The molecule has 2 aromatic heterocycles. The molecule has 0 unspecified atom stereocenters. The second-order valence-corrected chi connectivity index (χ2v) is 8.17. The molecule has 0 spiro atoms. The van der Waals surface area contributed by atoms with E-state index in [1.54, 1.807) is 7.05 Å². The van der Waals surface area contributed by atoms with Crippen molar-refractivity contribution in [3.8, 4) is 0 Å². The quantitative estimate of drug-likeness (QED) is 0.559. The van der Waals surface area contributed by atoms with Gasteiger partial charge in [0.25, 0.3) is 0 Å². The van der Waals surface area contributed by atoms with Crippen LogP contribution in [0.3, 0.4) is 0 Å². The van der Waals surface area contributed by atoms with Gasteiger partial charge < -0.3 is 10.6 Å². The number of hydrogen-bond donors (Lipinski definition) is 2. The molecule has 13 heteroatoms. The average molecular weight is 419 g/mol. The third kappa shape index (κ3) is 4.19. The van der Waals surface area contributed by atoms with Crippen LogP contribution in [-0.4, -0.2) is 65.0 Å². The molecule has 1 saturated heterocycles. The number of aromatic nitrogens is 3. The van der Waals surface area contributed by atoms with Crippen LogP contribution in [0.15, 0.2) is 29.4 Å². The number of pyridine rings is 1. The summed E-state index contributed by atoms with van der Waals surface area (Å²) in [4.78, 5) is 4.09. The average Bonchev–Trinajstić information content (AvgIpc) is 3.08. The van der Waals surface area contributed by atoms with Crippen LogP contribution >= 0.6 is 0 Å². The lowest BCUT2D eigenvalue weighted by Gasteiger charge is -2.32. The van der Waals surface area contributed by atoms with E-state index in [9.17, 15) is 21.6 Å². The van der Waals surface area contributed by atoms with Crippen LogP contribution < -0.4 is 10.6 Å². The van der Waals surface area contributed by atoms with E-state index in [2.05, 4.69) is 25.8 Å². The lowest BCUT2D eigenvalue weighted by molar-refractivity contribution is -0.0494. The van der Waals surface area contributed by atoms with Gasteiger partial charge in [0.2, 0.25) is 0 Å². The number of nitrogens with one attached hydrogen (secondary N) is 2. The summed E-state index contributed by atoms with van der Waals surface area (Å²) in [5.41, 5.74) is -4.56. The lowest BCUT2D eigenvalue weighted by Crippen LogP contribution is -2.51. The van der Waals surface area contributed by atoms with Crippen LogP contribution in [0.2, 0.25) is 0 Å². The summed E-state index contributed by atoms with van der Waals surface area (Å²) >= 11 is 0. The molecule has 0 bridgehead atoms. The number of alkyl halides is 3. The Morgan fingerprint density at radius 2 is 2.00 bits per heavy atom. The number of sulfonamides is 1. The maximum atomic E-state index is 12.6. The van der Waals surface area contributed by atoms with Crippen LogP contribution in [0.25, 0.3) is 5.65 Å². The number of halogens is 3. The number of rotatable bonds is 4. The Hall–Kier alpha value is -2.41. The maximum Gasteiger partial charge on any atom is 0.511 e. The lowest BCUT2D eigenvalue weighted by atomic mass is 10.1. The summed E-state index contributed by atoms with van der Waals surface area (Å²) < 4.78 is 63.1. The minimum Gasteiger partial charge on any atom is -0.354 e. The second-order valence-electron chi connectivity index (χ2n) is 6.24. The van der Waals surface area contributed by atoms with Gasteiger partial charge in [-0.2, -0.15) is 17.5 Å². The Labute approximate surface area is 159 Å². The number of fused-ring (bicyclic) bond motifs is 1. The zero-order valence-corrected chi connectivity index (χ0v) is 15.8. The summed E-state index contributed by atoms with van der Waals surface area (Å²) in [6.45, 7) is -0.0667. The molecule has 0 saturated carbocycles. The molecular formula is C15H20F3N7O2S. The van der Waals surface area contributed by atoms with E-state index < -0.39 is 15.5 Å². The van der Waals surface area contributed by atoms with Gasteiger partial charge in [-0.3, -0.25) is 9.39 Å². The molecular weight excluding hydrogens is 399 g/mol. The third-order valence-corrected chi connectivity index (χ3v) is 6.08. The van der Waals surface area contributed by atoms with Crippen molar-refractivity contribution in [2.24, 2.45) is 4.99 Å². The first kappa shape index (κ1) is 20.3. The first-order valence-corrected chi connectivity index (χ1v) is 9.98. The number of hydrogen-bond acceptors (Lipinski definition) is 5. The van der Waals surface area contributed by atoms with Crippen LogP contribution in [0.5, 0.6) is 0 Å². The zero-order valence-electron chi connectivity index (χ0n) is 15.0. The van der Waals surface area contributed by atoms with Gasteiger partial charge in [0.15, 0.2) is 17.4 Å². The highest BCUT2D eigenvalue weighted by atomic mass is 32.2. The zero-order chi connectivity index (χ0) is 20.4. The molecule has 28 heavy (non-hydrogen) atoms. The number of aliphatic imine (C=N–C) groups is 1. The Morgan fingerprint density at radius 3 is 2.64 bits per heavy atom. The highest BCUT2D eigenvalue weighted by Gasteiger charge is 2.50. The highest BCUT2D eigenvalue weighted by Crippen LogP contribution is 2.28. The van der Waals surface area contributed by atoms with E-state index in [-0.39, 0.29) is 32.0 Å². The molecule has 3 rings (SSSR count). The Kier molecular flexibility index (Phi) is 5.74. The highest BCUT2D eigenvalue weighted by molar-refractivity contribution is 7.90. The van der Waals surface area contributed by atoms with Gasteiger partial charge in [0.1, 0.15) is 0 Å². The molecule has 3 heterocycles. The van der Waals surface area contributed by atoms with Gasteiger partial charge in [0.05, 0.1) is 6.54 Å². The molecule has 154 valence electrons. The molecule has 2 aromatic rings. The van der Waals surface area contributed by atoms with Gasteiger partial charge in [-0.25, -0.2) is 8.42 Å². The molecule has 0 aliphatic carbocycles. The molecule has 0 aromatic carbocycles. The smallest absolute Gasteiger partial charge is 0.354 e. The van der Waals surface area contributed by atoms with Gasteiger partial charge in [-0.1, -0.05) is 6.07 Å². The van der Waals surface area contributed by atoms with Crippen molar-refractivity contribution < 1.29 is 21.6 Å². The van der Waals surface area contributed by atoms with E-state index in [1.807, 2.05) is 28.8 Å². The number of nitrogens with zero attached hydrogens (tertiary/aromatic N) is 5. The fraction of sp³-hybridized carbons (Fsp3) is 0.533. The molecule has 0 radical (unpaired) electrons. The van der Waals surface area contributed by atoms with Crippen LogP contribution in [-0.2, 0) is 16.6 Å².